The van der Waals surface area contributed by atoms with Crippen LogP contribution in [-0.2, 0) is 6.54 Å². The maximum atomic E-state index is 10.5. The number of aromatic amines is 1. The lowest BCUT2D eigenvalue weighted by Gasteiger charge is -2.00. The fourth-order valence-electron chi connectivity index (χ4n) is 2.07. The third kappa shape index (κ3) is 5.75. The van der Waals surface area contributed by atoms with Crippen LogP contribution in [0.2, 0.25) is 0 Å². The molecule has 2 heterocycles. The highest BCUT2D eigenvalue weighted by Gasteiger charge is 2.09. The van der Waals surface area contributed by atoms with E-state index in [0.29, 0.717) is 12.1 Å². The molecule has 0 unspecified atom stereocenters. The van der Waals surface area contributed by atoms with Gasteiger partial charge in [-0.05, 0) is 48.9 Å². The molecular weight excluding hydrogens is 336 g/mol. The van der Waals surface area contributed by atoms with Crippen molar-refractivity contribution in [2.24, 2.45) is 0 Å². The molecular formula is C18H18N4O4. The van der Waals surface area contributed by atoms with Crippen molar-refractivity contribution in [1.82, 2.24) is 15.2 Å². The number of hydrogen-bond acceptors (Lipinski definition) is 5. The molecule has 3 rings (SSSR count). The van der Waals surface area contributed by atoms with E-state index in [9.17, 15) is 9.59 Å². The van der Waals surface area contributed by atoms with Gasteiger partial charge in [-0.1, -0.05) is 6.07 Å². The number of carboxylic acid groups (broad SMARTS) is 2. The van der Waals surface area contributed by atoms with Crippen LogP contribution in [0.1, 0.15) is 32.0 Å². The van der Waals surface area contributed by atoms with Crippen molar-refractivity contribution in [1.29, 1.82) is 0 Å². The molecule has 0 aliphatic heterocycles. The Morgan fingerprint density at radius 2 is 1.77 bits per heavy atom. The second-order valence-corrected chi connectivity index (χ2v) is 5.33. The van der Waals surface area contributed by atoms with Gasteiger partial charge in [0.25, 0.3) is 0 Å². The highest BCUT2D eigenvalue weighted by molar-refractivity contribution is 5.94. The molecule has 0 saturated heterocycles. The largest absolute Gasteiger partial charge is 0.478 e. The van der Waals surface area contributed by atoms with Gasteiger partial charge in [-0.3, -0.25) is 10.1 Å². The zero-order valence-corrected chi connectivity index (χ0v) is 14.0. The van der Waals surface area contributed by atoms with Crippen LogP contribution in [0.3, 0.4) is 0 Å². The van der Waals surface area contributed by atoms with E-state index < -0.39 is 11.9 Å². The fraction of sp³-hybridized carbons (Fsp3) is 0.111. The first kappa shape index (κ1) is 18.7. The summed E-state index contributed by atoms with van der Waals surface area (Å²) in [5.74, 6) is -1.40. The third-order valence-corrected chi connectivity index (χ3v) is 3.25. The molecule has 4 N–H and O–H groups in total. The minimum atomic E-state index is -1.12. The number of nitrogens with one attached hydrogen (secondary N) is 2. The number of carboxylic acids is 2. The quantitative estimate of drug-likeness (QED) is 0.554. The van der Waals surface area contributed by atoms with E-state index in [0.717, 1.165) is 17.6 Å². The minimum Gasteiger partial charge on any atom is -0.478 e. The van der Waals surface area contributed by atoms with Gasteiger partial charge in [0.2, 0.25) is 0 Å². The van der Waals surface area contributed by atoms with Crippen LogP contribution in [0.15, 0.2) is 54.9 Å². The van der Waals surface area contributed by atoms with Crippen molar-refractivity contribution in [2.45, 2.75) is 13.5 Å². The van der Waals surface area contributed by atoms with Crippen LogP contribution < -0.4 is 5.32 Å². The lowest BCUT2D eigenvalue weighted by atomic mass is 10.1. The molecule has 0 spiro atoms. The standard InChI is InChI=1S/C9H10N4.C9H8O4/c1-2-5-10-8(3-1)7-11-9-4-6-12-13-9;1-5-2-6(8(10)11)4-7(3-5)9(12)13/h1-6H,7H2,(H2,11,12,13);2-4H,1H3,(H,10,11)(H,12,13). The molecule has 26 heavy (non-hydrogen) atoms. The predicted octanol–water partition coefficient (Wildman–Crippen LogP) is 2.81. The number of aryl methyl sites for hydroxylation is 1. The lowest BCUT2D eigenvalue weighted by molar-refractivity contribution is 0.0696. The SMILES string of the molecule is Cc1cc(C(=O)O)cc(C(=O)O)c1.c1ccc(CNc2cc[nH]n2)nc1. The summed E-state index contributed by atoms with van der Waals surface area (Å²) in [5, 5.41) is 27.1. The van der Waals surface area contributed by atoms with Gasteiger partial charge in [-0.25, -0.2) is 9.59 Å². The highest BCUT2D eigenvalue weighted by atomic mass is 16.4. The van der Waals surface area contributed by atoms with Crippen molar-refractivity contribution < 1.29 is 19.8 Å². The summed E-state index contributed by atoms with van der Waals surface area (Å²) in [6.45, 7) is 2.35. The molecule has 0 saturated carbocycles. The predicted molar refractivity (Wildman–Crippen MR) is 95.2 cm³/mol. The number of aromatic carboxylic acids is 2. The van der Waals surface area contributed by atoms with Crippen LogP contribution in [0, 0.1) is 6.92 Å². The topological polar surface area (TPSA) is 128 Å². The number of nitrogens with zero attached hydrogens (tertiary/aromatic N) is 2. The number of rotatable bonds is 5. The van der Waals surface area contributed by atoms with E-state index in [-0.39, 0.29) is 11.1 Å². The maximum absolute atomic E-state index is 10.5. The second kappa shape index (κ2) is 8.97. The molecule has 0 aliphatic rings. The smallest absolute Gasteiger partial charge is 0.335 e. The molecule has 3 aromatic rings. The van der Waals surface area contributed by atoms with E-state index in [1.54, 1.807) is 19.3 Å². The number of benzene rings is 1. The van der Waals surface area contributed by atoms with Gasteiger partial charge in [0, 0.05) is 12.4 Å². The van der Waals surface area contributed by atoms with Crippen molar-refractivity contribution in [2.75, 3.05) is 5.32 Å². The Morgan fingerprint density at radius 1 is 1.08 bits per heavy atom. The molecule has 1 aromatic carbocycles. The third-order valence-electron chi connectivity index (χ3n) is 3.25. The first-order valence-electron chi connectivity index (χ1n) is 7.67. The first-order chi connectivity index (χ1) is 12.5. The Balaban J connectivity index is 0.000000187. The van der Waals surface area contributed by atoms with Gasteiger partial charge in [0.1, 0.15) is 5.82 Å². The van der Waals surface area contributed by atoms with E-state index in [2.05, 4.69) is 20.5 Å². The highest BCUT2D eigenvalue weighted by Crippen LogP contribution is 2.09. The minimum absolute atomic E-state index is 0.00241. The Morgan fingerprint density at radius 3 is 2.27 bits per heavy atom. The summed E-state index contributed by atoms with van der Waals surface area (Å²) >= 11 is 0. The molecule has 0 bridgehead atoms. The summed E-state index contributed by atoms with van der Waals surface area (Å²) in [6.07, 6.45) is 3.56. The zero-order valence-electron chi connectivity index (χ0n) is 14.0. The summed E-state index contributed by atoms with van der Waals surface area (Å²) in [5.41, 5.74) is 1.62. The molecule has 2 aromatic heterocycles. The molecule has 0 amide bonds. The van der Waals surface area contributed by atoms with Crippen molar-refractivity contribution in [3.8, 4) is 0 Å². The molecule has 8 nitrogen and oxygen atoms in total. The number of pyridine rings is 1. The summed E-state index contributed by atoms with van der Waals surface area (Å²) in [4.78, 5) is 25.2. The second-order valence-electron chi connectivity index (χ2n) is 5.33. The average Bonchev–Trinajstić information content (AvgIpc) is 3.14. The van der Waals surface area contributed by atoms with Crippen molar-refractivity contribution in [3.63, 3.8) is 0 Å². The van der Waals surface area contributed by atoms with Gasteiger partial charge in [-0.15, -0.1) is 0 Å². The van der Waals surface area contributed by atoms with Gasteiger partial charge in [-0.2, -0.15) is 5.10 Å². The van der Waals surface area contributed by atoms with E-state index >= 15 is 0 Å². The van der Waals surface area contributed by atoms with E-state index in [4.69, 9.17) is 10.2 Å². The normalized spacial score (nSPS) is 9.73. The van der Waals surface area contributed by atoms with Crippen molar-refractivity contribution >= 4 is 17.8 Å². The summed E-state index contributed by atoms with van der Waals surface area (Å²) < 4.78 is 0. The van der Waals surface area contributed by atoms with E-state index in [1.165, 1.54) is 12.1 Å². The molecule has 8 heteroatoms. The Labute approximate surface area is 149 Å². The average molecular weight is 354 g/mol. The van der Waals surface area contributed by atoms with E-state index in [1.807, 2.05) is 24.3 Å². The monoisotopic (exact) mass is 354 g/mol. The summed E-state index contributed by atoms with van der Waals surface area (Å²) in [6, 6.07) is 11.7. The van der Waals surface area contributed by atoms with Gasteiger partial charge < -0.3 is 15.5 Å². The number of carbonyl (C=O) groups is 2. The van der Waals surface area contributed by atoms with Crippen LogP contribution in [-0.4, -0.2) is 37.3 Å². The number of aromatic nitrogens is 3. The zero-order chi connectivity index (χ0) is 18.9. The van der Waals surface area contributed by atoms with Crippen LogP contribution in [0.25, 0.3) is 0 Å². The van der Waals surface area contributed by atoms with Gasteiger partial charge in [0.15, 0.2) is 0 Å². The molecule has 0 aliphatic carbocycles. The molecule has 134 valence electrons. The fourth-order valence-corrected chi connectivity index (χ4v) is 2.07. The molecule has 0 fully saturated rings. The van der Waals surface area contributed by atoms with Crippen LogP contribution >= 0.6 is 0 Å². The maximum Gasteiger partial charge on any atom is 0.335 e. The van der Waals surface area contributed by atoms with Crippen LogP contribution in [0.5, 0.6) is 0 Å². The van der Waals surface area contributed by atoms with Crippen LogP contribution in [0.4, 0.5) is 5.82 Å². The number of anilines is 1. The Hall–Kier alpha value is -3.68. The summed E-state index contributed by atoms with van der Waals surface area (Å²) in [7, 11) is 0. The van der Waals surface area contributed by atoms with Crippen molar-refractivity contribution in [3.05, 3.63) is 77.2 Å². The number of hydrogen-bond donors (Lipinski definition) is 4. The lowest BCUT2D eigenvalue weighted by Crippen LogP contribution is -2.02. The Bertz CT molecular complexity index is 832. The number of H-pyrrole nitrogens is 1. The first-order valence-corrected chi connectivity index (χ1v) is 7.67. The van der Waals surface area contributed by atoms with Gasteiger partial charge >= 0.3 is 11.9 Å². The van der Waals surface area contributed by atoms with Gasteiger partial charge in [0.05, 0.1) is 23.4 Å². The molecule has 0 atom stereocenters. The Kier molecular flexibility index (Phi) is 6.44. The molecule has 0 radical (unpaired) electrons.